The lowest BCUT2D eigenvalue weighted by Crippen LogP contribution is -2.72. The molecular formula is C20H20FN3O5. The second-order valence-electron chi connectivity index (χ2n) is 8.22. The van der Waals surface area contributed by atoms with Gasteiger partial charge in [-0.2, -0.15) is 0 Å². The molecule has 2 amide bonds. The molecular weight excluding hydrogens is 381 g/mol. The second kappa shape index (κ2) is 5.85. The monoisotopic (exact) mass is 401 g/mol. The lowest BCUT2D eigenvalue weighted by molar-refractivity contribution is -0.158. The van der Waals surface area contributed by atoms with E-state index in [4.69, 9.17) is 9.26 Å². The lowest BCUT2D eigenvalue weighted by Gasteiger charge is -2.55. The number of imide groups is 1. The first-order chi connectivity index (χ1) is 13.7. The molecule has 3 aliphatic heterocycles. The molecule has 0 aliphatic carbocycles. The minimum atomic E-state index is -1.52. The molecule has 3 aliphatic rings. The maximum Gasteiger partial charge on any atom is 0.242 e. The van der Waals surface area contributed by atoms with Crippen molar-refractivity contribution in [3.05, 3.63) is 23.1 Å². The van der Waals surface area contributed by atoms with Crippen LogP contribution in [-0.4, -0.2) is 47.5 Å². The number of hydrogen-bond acceptors (Lipinski definition) is 7. The standard InChI is InChI=1S/C20H20FN3O5/c1-8-7-24-16-11(4-12-9(2)23-29-17(12)15(16)21)6-20(18(24)10(3)28-8)13(25)5-14(26)22-19(20)27/h4,8,10,18H,5-7H2,1-3H3,(H,22,26,27)/t8-,10+,18-,20?/m0/s1. The fourth-order valence-corrected chi connectivity index (χ4v) is 5.26. The number of amides is 2. The van der Waals surface area contributed by atoms with Gasteiger partial charge in [0.25, 0.3) is 0 Å². The number of morpholine rings is 1. The summed E-state index contributed by atoms with van der Waals surface area (Å²) < 4.78 is 26.7. The fraction of sp³-hybridized carbons (Fsp3) is 0.500. The molecule has 152 valence electrons. The van der Waals surface area contributed by atoms with Gasteiger partial charge in [0, 0.05) is 11.9 Å². The number of anilines is 1. The molecule has 8 nitrogen and oxygen atoms in total. The molecule has 2 aromatic rings. The van der Waals surface area contributed by atoms with Crippen molar-refractivity contribution >= 4 is 34.3 Å². The van der Waals surface area contributed by atoms with Gasteiger partial charge in [-0.15, -0.1) is 0 Å². The Morgan fingerprint density at radius 3 is 2.79 bits per heavy atom. The normalized spacial score (nSPS) is 31.8. The van der Waals surface area contributed by atoms with E-state index in [1.54, 1.807) is 24.8 Å². The summed E-state index contributed by atoms with van der Waals surface area (Å²) in [7, 11) is 0. The number of ether oxygens (including phenoxy) is 1. The first-order valence-electron chi connectivity index (χ1n) is 9.61. The van der Waals surface area contributed by atoms with Crippen LogP contribution in [-0.2, 0) is 25.5 Å². The van der Waals surface area contributed by atoms with Crippen LogP contribution in [0.25, 0.3) is 11.0 Å². The zero-order valence-electron chi connectivity index (χ0n) is 16.2. The molecule has 0 bridgehead atoms. The molecule has 1 aromatic carbocycles. The van der Waals surface area contributed by atoms with Gasteiger partial charge in [-0.05, 0) is 38.8 Å². The summed E-state index contributed by atoms with van der Waals surface area (Å²) in [6.45, 7) is 5.63. The smallest absolute Gasteiger partial charge is 0.242 e. The Hall–Kier alpha value is -2.81. The first kappa shape index (κ1) is 18.2. The van der Waals surface area contributed by atoms with Gasteiger partial charge in [0.05, 0.1) is 36.1 Å². The van der Waals surface area contributed by atoms with Crippen LogP contribution in [0.3, 0.4) is 0 Å². The van der Waals surface area contributed by atoms with Crippen LogP contribution < -0.4 is 10.2 Å². The average molecular weight is 401 g/mol. The second-order valence-corrected chi connectivity index (χ2v) is 8.22. The Labute approximate surface area is 165 Å². The van der Waals surface area contributed by atoms with Crippen LogP contribution >= 0.6 is 0 Å². The predicted molar refractivity (Wildman–Crippen MR) is 98.8 cm³/mol. The molecule has 4 atom stereocenters. The van der Waals surface area contributed by atoms with Gasteiger partial charge in [-0.25, -0.2) is 4.39 Å². The SMILES string of the molecule is Cc1noc2c(F)c3c(cc12)CC1(C(=O)CC(=O)NC1=O)[C@@H]1[C@@H](C)O[C@@H](C)CN31. The van der Waals surface area contributed by atoms with Gasteiger partial charge in [-0.3, -0.25) is 19.7 Å². The van der Waals surface area contributed by atoms with Crippen molar-refractivity contribution in [2.75, 3.05) is 11.4 Å². The predicted octanol–water partition coefficient (Wildman–Crippen LogP) is 1.42. The molecule has 1 N–H and O–H groups in total. The average Bonchev–Trinajstić information content (AvgIpc) is 3.00. The summed E-state index contributed by atoms with van der Waals surface area (Å²) >= 11 is 0. The van der Waals surface area contributed by atoms with Gasteiger partial charge in [0.2, 0.25) is 17.4 Å². The van der Waals surface area contributed by atoms with E-state index in [1.807, 2.05) is 6.92 Å². The van der Waals surface area contributed by atoms with Gasteiger partial charge < -0.3 is 14.2 Å². The molecule has 2 fully saturated rings. The van der Waals surface area contributed by atoms with E-state index >= 15 is 4.39 Å². The lowest BCUT2D eigenvalue weighted by atomic mass is 9.63. The number of halogens is 1. The number of Topliss-reactive ketones (excluding diaryl/α,β-unsaturated/α-hetero) is 1. The zero-order valence-corrected chi connectivity index (χ0v) is 16.2. The number of nitrogens with one attached hydrogen (secondary N) is 1. The van der Waals surface area contributed by atoms with Crippen LogP contribution in [0, 0.1) is 18.2 Å². The fourth-order valence-electron chi connectivity index (χ4n) is 5.26. The minimum absolute atomic E-state index is 0.0129. The first-order valence-corrected chi connectivity index (χ1v) is 9.61. The van der Waals surface area contributed by atoms with Gasteiger partial charge in [-0.1, -0.05) is 5.16 Å². The van der Waals surface area contributed by atoms with Crippen molar-refractivity contribution in [3.63, 3.8) is 0 Å². The van der Waals surface area contributed by atoms with E-state index in [-0.39, 0.29) is 24.5 Å². The highest BCUT2D eigenvalue weighted by Gasteiger charge is 2.62. The van der Waals surface area contributed by atoms with Crippen molar-refractivity contribution in [2.24, 2.45) is 5.41 Å². The zero-order chi connectivity index (χ0) is 20.7. The summed E-state index contributed by atoms with van der Waals surface area (Å²) in [5.74, 6) is -2.28. The molecule has 4 heterocycles. The maximum absolute atomic E-state index is 15.5. The van der Waals surface area contributed by atoms with Crippen LogP contribution in [0.2, 0.25) is 0 Å². The van der Waals surface area contributed by atoms with Crippen molar-refractivity contribution in [1.29, 1.82) is 0 Å². The van der Waals surface area contributed by atoms with E-state index in [2.05, 4.69) is 10.5 Å². The summed E-state index contributed by atoms with van der Waals surface area (Å²) in [6, 6.07) is 1.00. The summed E-state index contributed by atoms with van der Waals surface area (Å²) in [4.78, 5) is 39.8. The van der Waals surface area contributed by atoms with Crippen LogP contribution in [0.5, 0.6) is 0 Å². The van der Waals surface area contributed by atoms with Gasteiger partial charge >= 0.3 is 0 Å². The van der Waals surface area contributed by atoms with Crippen molar-refractivity contribution in [3.8, 4) is 0 Å². The third-order valence-corrected chi connectivity index (χ3v) is 6.36. The topological polar surface area (TPSA) is 102 Å². The van der Waals surface area contributed by atoms with Crippen LogP contribution in [0.4, 0.5) is 10.1 Å². The number of piperidine rings is 1. The number of benzene rings is 1. The van der Waals surface area contributed by atoms with E-state index in [0.717, 1.165) is 0 Å². The van der Waals surface area contributed by atoms with Gasteiger partial charge in [0.15, 0.2) is 11.6 Å². The minimum Gasteiger partial charge on any atom is -0.372 e. The molecule has 0 radical (unpaired) electrons. The molecule has 0 saturated carbocycles. The molecule has 29 heavy (non-hydrogen) atoms. The number of ketones is 1. The number of aromatic nitrogens is 1. The molecule has 1 unspecified atom stereocenters. The Bertz CT molecular complexity index is 1070. The van der Waals surface area contributed by atoms with E-state index in [0.29, 0.717) is 28.9 Å². The van der Waals surface area contributed by atoms with Crippen molar-refractivity contribution in [1.82, 2.24) is 10.5 Å². The molecule has 1 aromatic heterocycles. The quantitative estimate of drug-likeness (QED) is 0.526. The highest BCUT2D eigenvalue weighted by atomic mass is 19.1. The number of rotatable bonds is 0. The number of hydrogen-bond donors (Lipinski definition) is 1. The van der Waals surface area contributed by atoms with Crippen molar-refractivity contribution in [2.45, 2.75) is 51.9 Å². The molecule has 1 spiro atoms. The number of aryl methyl sites for hydroxylation is 1. The number of nitrogens with zero attached hydrogens (tertiary/aromatic N) is 2. The largest absolute Gasteiger partial charge is 0.372 e. The maximum atomic E-state index is 15.5. The van der Waals surface area contributed by atoms with E-state index in [1.165, 1.54) is 0 Å². The molecule has 9 heteroatoms. The Kier molecular flexibility index (Phi) is 3.68. The highest BCUT2D eigenvalue weighted by Crippen LogP contribution is 2.49. The van der Waals surface area contributed by atoms with Gasteiger partial charge in [0.1, 0.15) is 5.41 Å². The number of carbonyl (C=O) groups excluding carboxylic acids is 3. The van der Waals surface area contributed by atoms with E-state index in [9.17, 15) is 14.4 Å². The summed E-state index contributed by atoms with van der Waals surface area (Å²) in [5, 5.41) is 6.68. The van der Waals surface area contributed by atoms with Crippen LogP contribution in [0.15, 0.2) is 10.6 Å². The summed E-state index contributed by atoms with van der Waals surface area (Å²) in [6.07, 6.45) is -1.16. The molecule has 2 saturated heterocycles. The Morgan fingerprint density at radius 1 is 1.31 bits per heavy atom. The molecule has 5 rings (SSSR count). The third-order valence-electron chi connectivity index (χ3n) is 6.36. The van der Waals surface area contributed by atoms with Crippen LogP contribution in [0.1, 0.15) is 31.5 Å². The summed E-state index contributed by atoms with van der Waals surface area (Å²) in [5.41, 5.74) is -0.111. The van der Waals surface area contributed by atoms with E-state index < -0.39 is 41.0 Å². The Balaban J connectivity index is 1.79. The Morgan fingerprint density at radius 2 is 2.07 bits per heavy atom. The number of fused-ring (bicyclic) bond motifs is 5. The number of carbonyl (C=O) groups is 3. The van der Waals surface area contributed by atoms with Crippen molar-refractivity contribution < 1.29 is 28.0 Å². The third kappa shape index (κ3) is 2.27. The highest BCUT2D eigenvalue weighted by molar-refractivity contribution is 6.22.